The first-order chi connectivity index (χ1) is 8.13. The first-order valence-corrected chi connectivity index (χ1v) is 5.47. The fraction of sp³-hybridized carbons (Fsp3) is 0.700. The smallest absolute Gasteiger partial charge is 0.327 e. The summed E-state index contributed by atoms with van der Waals surface area (Å²) in [6, 6.07) is 0. The number of hydrogen-bond donors (Lipinski definition) is 0. The molecule has 0 unspecified atom stereocenters. The molecule has 94 valence electrons. The maximum Gasteiger partial charge on any atom is 0.327 e. The van der Waals surface area contributed by atoms with Crippen molar-refractivity contribution in [2.75, 3.05) is 45.9 Å². The minimum Gasteiger partial charge on any atom is -0.463 e. The van der Waals surface area contributed by atoms with Crippen LogP contribution < -0.4 is 0 Å². The molecule has 17 heavy (non-hydrogen) atoms. The number of carbonyl (C=O) groups is 3. The van der Waals surface area contributed by atoms with Crippen LogP contribution in [0.4, 0.5) is 0 Å². The van der Waals surface area contributed by atoms with Crippen molar-refractivity contribution >= 4 is 17.9 Å². The van der Waals surface area contributed by atoms with Gasteiger partial charge in [0.25, 0.3) is 0 Å². The van der Waals surface area contributed by atoms with Crippen LogP contribution in [0.25, 0.3) is 0 Å². The molecule has 0 spiro atoms. The van der Waals surface area contributed by atoms with Gasteiger partial charge in [0.05, 0.1) is 19.6 Å². The second kappa shape index (κ2) is 5.24. The maximum atomic E-state index is 11.0. The van der Waals surface area contributed by atoms with Crippen LogP contribution in [-0.4, -0.2) is 73.6 Å². The highest BCUT2D eigenvalue weighted by molar-refractivity contribution is 5.90. The van der Waals surface area contributed by atoms with Gasteiger partial charge in [0.15, 0.2) is 0 Å². The monoisotopic (exact) mass is 242 g/mol. The van der Waals surface area contributed by atoms with E-state index < -0.39 is 11.9 Å². The Hall–Kier alpha value is -1.47. The van der Waals surface area contributed by atoms with Crippen LogP contribution in [0.2, 0.25) is 0 Å². The largest absolute Gasteiger partial charge is 0.463 e. The first kappa shape index (κ1) is 12.0. The predicted molar refractivity (Wildman–Crippen MR) is 54.9 cm³/mol. The number of esters is 3. The molecule has 2 aliphatic heterocycles. The number of morpholine rings is 2. The Kier molecular flexibility index (Phi) is 3.70. The lowest BCUT2D eigenvalue weighted by molar-refractivity contribution is -0.167. The van der Waals surface area contributed by atoms with E-state index in [0.717, 1.165) is 0 Å². The average Bonchev–Trinajstić information content (AvgIpc) is 2.25. The fourth-order valence-corrected chi connectivity index (χ4v) is 1.84. The van der Waals surface area contributed by atoms with Crippen LogP contribution in [0.15, 0.2) is 0 Å². The molecular formula is C10H14N2O5. The van der Waals surface area contributed by atoms with Gasteiger partial charge in [-0.15, -0.1) is 0 Å². The minimum absolute atomic E-state index is 0.129. The number of ether oxygens (including phenoxy) is 2. The van der Waals surface area contributed by atoms with Crippen molar-refractivity contribution in [3.8, 4) is 0 Å². The summed E-state index contributed by atoms with van der Waals surface area (Å²) in [6.07, 6.45) is 0. The molecule has 2 saturated heterocycles. The van der Waals surface area contributed by atoms with Gasteiger partial charge in [0.1, 0.15) is 6.61 Å². The van der Waals surface area contributed by atoms with Crippen molar-refractivity contribution in [1.29, 1.82) is 0 Å². The van der Waals surface area contributed by atoms with Crippen molar-refractivity contribution < 1.29 is 23.9 Å². The Morgan fingerprint density at radius 2 is 1.47 bits per heavy atom. The summed E-state index contributed by atoms with van der Waals surface area (Å²) in [5, 5.41) is 0. The Morgan fingerprint density at radius 3 is 2.12 bits per heavy atom. The van der Waals surface area contributed by atoms with E-state index in [0.29, 0.717) is 26.2 Å². The summed E-state index contributed by atoms with van der Waals surface area (Å²) < 4.78 is 9.23. The van der Waals surface area contributed by atoms with Gasteiger partial charge in [-0.1, -0.05) is 0 Å². The van der Waals surface area contributed by atoms with Crippen molar-refractivity contribution in [2.45, 2.75) is 0 Å². The number of cyclic esters (lactones) is 3. The topological polar surface area (TPSA) is 76.2 Å². The maximum absolute atomic E-state index is 11.0. The molecule has 2 aliphatic rings. The normalized spacial score (nSPS) is 23.4. The summed E-state index contributed by atoms with van der Waals surface area (Å²) in [5.74, 6) is -1.26. The molecule has 0 aromatic carbocycles. The van der Waals surface area contributed by atoms with Crippen LogP contribution in [0.1, 0.15) is 0 Å². The van der Waals surface area contributed by atoms with Gasteiger partial charge in [0, 0.05) is 19.6 Å². The van der Waals surface area contributed by atoms with Crippen LogP contribution >= 0.6 is 0 Å². The molecule has 0 saturated carbocycles. The van der Waals surface area contributed by atoms with E-state index in [1.54, 1.807) is 4.90 Å². The molecule has 0 aromatic rings. The first-order valence-electron chi connectivity index (χ1n) is 5.47. The minimum atomic E-state index is -0.515. The van der Waals surface area contributed by atoms with Gasteiger partial charge in [-0.25, -0.2) is 0 Å². The van der Waals surface area contributed by atoms with Crippen molar-refractivity contribution in [3.05, 3.63) is 0 Å². The third-order valence-corrected chi connectivity index (χ3v) is 2.69. The lowest BCUT2D eigenvalue weighted by atomic mass is 10.3. The Morgan fingerprint density at radius 1 is 0.882 bits per heavy atom. The molecule has 0 atom stereocenters. The van der Waals surface area contributed by atoms with Crippen LogP contribution in [-0.2, 0) is 23.9 Å². The molecule has 2 fully saturated rings. The summed E-state index contributed by atoms with van der Waals surface area (Å²) in [4.78, 5) is 36.7. The van der Waals surface area contributed by atoms with Crippen molar-refractivity contribution in [1.82, 2.24) is 9.80 Å². The lowest BCUT2D eigenvalue weighted by Gasteiger charge is -2.29. The van der Waals surface area contributed by atoms with E-state index in [2.05, 4.69) is 4.74 Å². The standard InChI is InChI=1S/C10H14N2O5/c13-8-5-11(3-4-16-8)1-2-12-6-9(14)17-10(15)7-12/h1-7H2. The van der Waals surface area contributed by atoms with Crippen LogP contribution in [0.5, 0.6) is 0 Å². The predicted octanol–water partition coefficient (Wildman–Crippen LogP) is -1.77. The van der Waals surface area contributed by atoms with E-state index >= 15 is 0 Å². The molecule has 0 bridgehead atoms. The van der Waals surface area contributed by atoms with Crippen LogP contribution in [0.3, 0.4) is 0 Å². The van der Waals surface area contributed by atoms with E-state index in [1.165, 1.54) is 0 Å². The van der Waals surface area contributed by atoms with Gasteiger partial charge in [0.2, 0.25) is 0 Å². The highest BCUT2D eigenvalue weighted by atomic mass is 16.6. The van der Waals surface area contributed by atoms with Crippen molar-refractivity contribution in [3.63, 3.8) is 0 Å². The number of nitrogens with zero attached hydrogens (tertiary/aromatic N) is 2. The number of carbonyl (C=O) groups excluding carboxylic acids is 3. The van der Waals surface area contributed by atoms with Crippen LogP contribution in [0, 0.1) is 0 Å². The molecule has 7 nitrogen and oxygen atoms in total. The molecule has 2 rings (SSSR count). The molecule has 7 heteroatoms. The Bertz CT molecular complexity index is 328. The second-order valence-corrected chi connectivity index (χ2v) is 4.05. The van der Waals surface area contributed by atoms with Gasteiger partial charge in [-0.3, -0.25) is 24.2 Å². The molecule has 0 aromatic heterocycles. The van der Waals surface area contributed by atoms with E-state index in [9.17, 15) is 14.4 Å². The molecular weight excluding hydrogens is 228 g/mol. The second-order valence-electron chi connectivity index (χ2n) is 4.05. The third-order valence-electron chi connectivity index (χ3n) is 2.69. The van der Waals surface area contributed by atoms with Gasteiger partial charge in [-0.2, -0.15) is 0 Å². The van der Waals surface area contributed by atoms with E-state index in [4.69, 9.17) is 4.74 Å². The van der Waals surface area contributed by atoms with Gasteiger partial charge >= 0.3 is 17.9 Å². The van der Waals surface area contributed by atoms with Gasteiger partial charge in [-0.05, 0) is 0 Å². The fourth-order valence-electron chi connectivity index (χ4n) is 1.84. The lowest BCUT2D eigenvalue weighted by Crippen LogP contribution is -2.48. The summed E-state index contributed by atoms with van der Waals surface area (Å²) in [7, 11) is 0. The third kappa shape index (κ3) is 3.50. The highest BCUT2D eigenvalue weighted by Gasteiger charge is 2.25. The average molecular weight is 242 g/mol. The molecule has 0 N–H and O–H groups in total. The number of rotatable bonds is 3. The zero-order valence-electron chi connectivity index (χ0n) is 9.39. The SMILES string of the molecule is O=C1CN(CCN2CC(=O)OC(=O)C2)CCO1. The summed E-state index contributed by atoms with van der Waals surface area (Å²) in [6.45, 7) is 2.82. The Balaban J connectivity index is 1.75. The van der Waals surface area contributed by atoms with Gasteiger partial charge < -0.3 is 9.47 Å². The number of hydrogen-bond acceptors (Lipinski definition) is 7. The molecule has 0 aliphatic carbocycles. The zero-order chi connectivity index (χ0) is 12.3. The Labute approximate surface area is 98.2 Å². The quantitative estimate of drug-likeness (QED) is 0.428. The summed E-state index contributed by atoms with van der Waals surface area (Å²) >= 11 is 0. The van der Waals surface area contributed by atoms with Crippen molar-refractivity contribution in [2.24, 2.45) is 0 Å². The highest BCUT2D eigenvalue weighted by Crippen LogP contribution is 2.02. The molecule has 0 amide bonds. The molecule has 2 heterocycles. The zero-order valence-corrected chi connectivity index (χ0v) is 9.39. The summed E-state index contributed by atoms with van der Waals surface area (Å²) in [5.41, 5.74) is 0. The van der Waals surface area contributed by atoms with E-state index in [-0.39, 0.29) is 25.6 Å². The molecule has 0 radical (unpaired) electrons. The van der Waals surface area contributed by atoms with E-state index in [1.807, 2.05) is 4.90 Å².